The first-order valence-corrected chi connectivity index (χ1v) is 8.31. The summed E-state index contributed by atoms with van der Waals surface area (Å²) in [5.41, 5.74) is 6.19. The molecule has 1 unspecified atom stereocenters. The van der Waals surface area contributed by atoms with E-state index in [2.05, 4.69) is 72.8 Å². The van der Waals surface area contributed by atoms with Crippen molar-refractivity contribution in [2.75, 3.05) is 27.2 Å². The summed E-state index contributed by atoms with van der Waals surface area (Å²) in [5, 5.41) is 3.82. The summed E-state index contributed by atoms with van der Waals surface area (Å²) < 4.78 is 0. The first-order valence-electron chi connectivity index (χ1n) is 8.31. The second-order valence-electron chi connectivity index (χ2n) is 6.89. The van der Waals surface area contributed by atoms with E-state index in [1.807, 2.05) is 0 Å². The molecule has 1 N–H and O–H groups in total. The van der Waals surface area contributed by atoms with Crippen molar-refractivity contribution in [1.29, 1.82) is 0 Å². The molecule has 2 bridgehead atoms. The molecule has 2 heteroatoms. The second kappa shape index (κ2) is 5.53. The molecule has 0 amide bonds. The van der Waals surface area contributed by atoms with Crippen molar-refractivity contribution in [1.82, 2.24) is 10.2 Å². The van der Waals surface area contributed by atoms with E-state index >= 15 is 0 Å². The van der Waals surface area contributed by atoms with Crippen LogP contribution in [-0.2, 0) is 0 Å². The Morgan fingerprint density at radius 1 is 0.909 bits per heavy atom. The van der Waals surface area contributed by atoms with Crippen LogP contribution in [-0.4, -0.2) is 38.1 Å². The molecule has 5 rings (SSSR count). The number of rotatable bonds is 4. The van der Waals surface area contributed by atoms with Crippen molar-refractivity contribution in [3.8, 4) is 0 Å². The molecule has 1 atom stereocenters. The van der Waals surface area contributed by atoms with Crippen molar-refractivity contribution >= 4 is 0 Å². The molecule has 2 aromatic rings. The van der Waals surface area contributed by atoms with Gasteiger partial charge in [0.2, 0.25) is 0 Å². The summed E-state index contributed by atoms with van der Waals surface area (Å²) in [6.07, 6.45) is 1.23. The van der Waals surface area contributed by atoms with Crippen molar-refractivity contribution in [2.24, 2.45) is 0 Å². The first kappa shape index (κ1) is 14.0. The highest BCUT2D eigenvalue weighted by Gasteiger charge is 2.42. The quantitative estimate of drug-likeness (QED) is 0.931. The van der Waals surface area contributed by atoms with E-state index in [4.69, 9.17) is 0 Å². The monoisotopic (exact) mass is 292 g/mol. The minimum Gasteiger partial charge on any atom is -0.312 e. The van der Waals surface area contributed by atoms with Gasteiger partial charge in [0, 0.05) is 31.0 Å². The Kier molecular flexibility index (Phi) is 3.51. The number of fused-ring (bicyclic) bond motifs is 1. The van der Waals surface area contributed by atoms with Gasteiger partial charge in [-0.2, -0.15) is 0 Å². The number of likely N-dealkylation sites (N-methyl/N-ethyl adjacent to an activating group) is 1. The van der Waals surface area contributed by atoms with Gasteiger partial charge in [0.1, 0.15) is 0 Å². The number of hydrogen-bond donors (Lipinski definition) is 1. The fraction of sp³-hybridized carbons (Fsp3) is 0.400. The molecule has 0 aromatic heterocycles. The van der Waals surface area contributed by atoms with E-state index in [0.29, 0.717) is 17.9 Å². The third kappa shape index (κ3) is 2.18. The van der Waals surface area contributed by atoms with Gasteiger partial charge >= 0.3 is 0 Å². The normalized spacial score (nSPS) is 25.1. The Hall–Kier alpha value is -1.64. The summed E-state index contributed by atoms with van der Waals surface area (Å²) in [5.74, 6) is 1.08. The molecule has 3 aliphatic rings. The lowest BCUT2D eigenvalue weighted by Crippen LogP contribution is -2.46. The van der Waals surface area contributed by atoms with E-state index in [-0.39, 0.29) is 0 Å². The van der Waals surface area contributed by atoms with Gasteiger partial charge in [-0.1, -0.05) is 48.5 Å². The third-order valence-electron chi connectivity index (χ3n) is 5.27. The molecule has 0 saturated carbocycles. The van der Waals surface area contributed by atoms with Gasteiger partial charge in [-0.3, -0.25) is 0 Å². The average Bonchev–Trinajstić information content (AvgIpc) is 2.55. The molecule has 0 radical (unpaired) electrons. The SMILES string of the molecule is CN(C)CCNC1CC2c3ccccc3C1c1ccccc12. The predicted octanol–water partition coefficient (Wildman–Crippen LogP) is 3.19. The second-order valence-corrected chi connectivity index (χ2v) is 6.89. The maximum atomic E-state index is 3.82. The fourth-order valence-corrected chi connectivity index (χ4v) is 4.31. The molecule has 22 heavy (non-hydrogen) atoms. The summed E-state index contributed by atoms with van der Waals surface area (Å²) in [6, 6.07) is 18.7. The Morgan fingerprint density at radius 2 is 1.45 bits per heavy atom. The number of hydrogen-bond acceptors (Lipinski definition) is 2. The zero-order valence-corrected chi connectivity index (χ0v) is 13.4. The molecule has 3 aliphatic carbocycles. The maximum absolute atomic E-state index is 3.82. The van der Waals surface area contributed by atoms with Gasteiger partial charge < -0.3 is 10.2 Å². The zero-order chi connectivity index (χ0) is 15.1. The van der Waals surface area contributed by atoms with E-state index in [1.165, 1.54) is 6.42 Å². The Labute approximate surface area is 133 Å². The van der Waals surface area contributed by atoms with Gasteiger partial charge in [-0.25, -0.2) is 0 Å². The largest absolute Gasteiger partial charge is 0.312 e. The lowest BCUT2D eigenvalue weighted by atomic mass is 9.61. The Bertz CT molecular complexity index is 629. The lowest BCUT2D eigenvalue weighted by Gasteiger charge is -2.46. The highest BCUT2D eigenvalue weighted by atomic mass is 15.1. The van der Waals surface area contributed by atoms with Crippen LogP contribution in [0.3, 0.4) is 0 Å². The molecular weight excluding hydrogens is 268 g/mol. The van der Waals surface area contributed by atoms with Gasteiger partial charge in [-0.05, 0) is 42.8 Å². The molecule has 0 fully saturated rings. The van der Waals surface area contributed by atoms with Gasteiger partial charge in [0.15, 0.2) is 0 Å². The van der Waals surface area contributed by atoms with Crippen LogP contribution in [0.15, 0.2) is 48.5 Å². The third-order valence-corrected chi connectivity index (χ3v) is 5.27. The molecular formula is C20H24N2. The number of nitrogens with one attached hydrogen (secondary N) is 1. The molecule has 0 saturated heterocycles. The van der Waals surface area contributed by atoms with Crippen LogP contribution in [0.5, 0.6) is 0 Å². The maximum Gasteiger partial charge on any atom is 0.0249 e. The zero-order valence-electron chi connectivity index (χ0n) is 13.4. The lowest BCUT2D eigenvalue weighted by molar-refractivity contribution is 0.338. The minimum absolute atomic E-state index is 0.513. The Morgan fingerprint density at radius 3 is 2.00 bits per heavy atom. The van der Waals surface area contributed by atoms with Crippen LogP contribution >= 0.6 is 0 Å². The molecule has 2 aromatic carbocycles. The van der Waals surface area contributed by atoms with Crippen LogP contribution in [0, 0.1) is 0 Å². The van der Waals surface area contributed by atoms with Crippen LogP contribution < -0.4 is 5.32 Å². The Balaban J connectivity index is 1.70. The van der Waals surface area contributed by atoms with Crippen molar-refractivity contribution in [3.63, 3.8) is 0 Å². The van der Waals surface area contributed by atoms with E-state index in [1.54, 1.807) is 22.3 Å². The van der Waals surface area contributed by atoms with Gasteiger partial charge in [-0.15, -0.1) is 0 Å². The van der Waals surface area contributed by atoms with Crippen LogP contribution in [0.4, 0.5) is 0 Å². The molecule has 0 spiro atoms. The van der Waals surface area contributed by atoms with E-state index in [9.17, 15) is 0 Å². The molecule has 0 aliphatic heterocycles. The standard InChI is InChI=1S/C20H24N2/c1-22(2)12-11-21-19-13-18-14-7-3-5-9-16(14)20(19)17-10-6-4-8-15(17)18/h3-10,18-21H,11-13H2,1-2H3. The van der Waals surface area contributed by atoms with Crippen LogP contribution in [0.2, 0.25) is 0 Å². The van der Waals surface area contributed by atoms with Crippen molar-refractivity contribution in [3.05, 3.63) is 70.8 Å². The minimum atomic E-state index is 0.513. The topological polar surface area (TPSA) is 15.3 Å². The van der Waals surface area contributed by atoms with Crippen LogP contribution in [0.1, 0.15) is 40.5 Å². The first-order chi connectivity index (χ1) is 10.8. The molecule has 0 heterocycles. The van der Waals surface area contributed by atoms with Crippen LogP contribution in [0.25, 0.3) is 0 Å². The molecule has 114 valence electrons. The number of nitrogens with zero attached hydrogens (tertiary/aromatic N) is 1. The molecule has 2 nitrogen and oxygen atoms in total. The average molecular weight is 292 g/mol. The van der Waals surface area contributed by atoms with E-state index < -0.39 is 0 Å². The summed E-state index contributed by atoms with van der Waals surface area (Å²) in [4.78, 5) is 2.25. The van der Waals surface area contributed by atoms with Gasteiger partial charge in [0.05, 0.1) is 0 Å². The number of benzene rings is 2. The predicted molar refractivity (Wildman–Crippen MR) is 91.5 cm³/mol. The summed E-state index contributed by atoms with van der Waals surface area (Å²) in [7, 11) is 4.28. The van der Waals surface area contributed by atoms with Crippen molar-refractivity contribution in [2.45, 2.75) is 24.3 Å². The van der Waals surface area contributed by atoms with Gasteiger partial charge in [0.25, 0.3) is 0 Å². The van der Waals surface area contributed by atoms with Crippen molar-refractivity contribution < 1.29 is 0 Å². The van der Waals surface area contributed by atoms with E-state index in [0.717, 1.165) is 13.1 Å². The highest BCUT2D eigenvalue weighted by Crippen LogP contribution is 2.52. The fourth-order valence-electron chi connectivity index (χ4n) is 4.31. The summed E-state index contributed by atoms with van der Waals surface area (Å²) >= 11 is 0. The highest BCUT2D eigenvalue weighted by molar-refractivity contribution is 5.56. The smallest absolute Gasteiger partial charge is 0.0249 e. The summed E-state index contributed by atoms with van der Waals surface area (Å²) in [6.45, 7) is 2.16.